The minimum atomic E-state index is -3.77. The zero-order valence-electron chi connectivity index (χ0n) is 18.7. The van der Waals surface area contributed by atoms with Gasteiger partial charge in [-0.05, 0) is 34.0 Å². The second-order valence-corrected chi connectivity index (χ2v) is 10.3. The molecule has 0 radical (unpaired) electrons. The Balaban J connectivity index is 1.33. The lowest BCUT2D eigenvalue weighted by atomic mass is 10.1. The van der Waals surface area contributed by atoms with Gasteiger partial charge in [-0.2, -0.15) is 4.31 Å². The van der Waals surface area contributed by atoms with Gasteiger partial charge in [0.15, 0.2) is 0 Å². The first-order valence-corrected chi connectivity index (χ1v) is 12.5. The molecule has 0 unspecified atom stereocenters. The van der Waals surface area contributed by atoms with E-state index in [1.807, 2.05) is 36.4 Å². The normalized spacial score (nSPS) is 15.1. The van der Waals surface area contributed by atoms with Crippen LogP contribution in [-0.2, 0) is 32.6 Å². The lowest BCUT2D eigenvalue weighted by Crippen LogP contribution is -2.38. The smallest absolute Gasteiger partial charge is 0.243 e. The van der Waals surface area contributed by atoms with E-state index in [-0.39, 0.29) is 17.3 Å². The van der Waals surface area contributed by atoms with Gasteiger partial charge in [0.2, 0.25) is 15.9 Å². The largest absolute Gasteiger partial charge is 0.379 e. The van der Waals surface area contributed by atoms with Crippen LogP contribution in [0.2, 0.25) is 0 Å². The first-order valence-electron chi connectivity index (χ1n) is 11.0. The van der Waals surface area contributed by atoms with Crippen molar-refractivity contribution < 1.29 is 17.9 Å². The van der Waals surface area contributed by atoms with E-state index in [0.717, 1.165) is 53.5 Å². The maximum absolute atomic E-state index is 13.0. The number of morpholine rings is 1. The first-order chi connectivity index (χ1) is 15.9. The number of sulfonamides is 1. The Hall–Kier alpha value is -2.78. The van der Waals surface area contributed by atoms with E-state index in [1.165, 1.54) is 12.6 Å². The Morgan fingerprint density at radius 1 is 0.970 bits per heavy atom. The SMILES string of the molecule is CN(CC(=O)NCc1cccc(CN2CCOCC2)c1)S(=O)(=O)c1ccc2ccccc2c1. The van der Waals surface area contributed by atoms with Gasteiger partial charge in [0.1, 0.15) is 0 Å². The van der Waals surface area contributed by atoms with E-state index in [1.54, 1.807) is 18.2 Å². The van der Waals surface area contributed by atoms with Gasteiger partial charge in [-0.1, -0.05) is 54.6 Å². The molecule has 0 spiro atoms. The molecule has 174 valence electrons. The molecule has 1 fully saturated rings. The molecule has 8 heteroatoms. The summed E-state index contributed by atoms with van der Waals surface area (Å²) in [5, 5.41) is 4.64. The molecular weight excluding hydrogens is 438 g/mol. The number of nitrogens with one attached hydrogen (secondary N) is 1. The van der Waals surface area contributed by atoms with Crippen molar-refractivity contribution in [2.24, 2.45) is 0 Å². The second kappa shape index (κ2) is 10.4. The van der Waals surface area contributed by atoms with E-state index in [2.05, 4.69) is 22.3 Å². The number of nitrogens with zero attached hydrogens (tertiary/aromatic N) is 2. The van der Waals surface area contributed by atoms with Crippen molar-refractivity contribution in [1.29, 1.82) is 0 Å². The molecule has 7 nitrogen and oxygen atoms in total. The molecule has 0 saturated carbocycles. The highest BCUT2D eigenvalue weighted by Crippen LogP contribution is 2.21. The van der Waals surface area contributed by atoms with Crippen molar-refractivity contribution in [3.05, 3.63) is 77.9 Å². The maximum Gasteiger partial charge on any atom is 0.243 e. The average molecular weight is 468 g/mol. The van der Waals surface area contributed by atoms with Gasteiger partial charge in [-0.25, -0.2) is 8.42 Å². The fraction of sp³-hybridized carbons (Fsp3) is 0.320. The van der Waals surface area contributed by atoms with Crippen LogP contribution in [0.3, 0.4) is 0 Å². The van der Waals surface area contributed by atoms with Gasteiger partial charge in [0.05, 0.1) is 24.7 Å². The van der Waals surface area contributed by atoms with E-state index in [9.17, 15) is 13.2 Å². The summed E-state index contributed by atoms with van der Waals surface area (Å²) in [5.74, 6) is -0.347. The zero-order valence-corrected chi connectivity index (χ0v) is 19.6. The van der Waals surface area contributed by atoms with E-state index in [0.29, 0.717) is 6.54 Å². The fourth-order valence-electron chi connectivity index (χ4n) is 3.91. The van der Waals surface area contributed by atoms with Crippen LogP contribution in [-0.4, -0.2) is 63.4 Å². The van der Waals surface area contributed by atoms with Gasteiger partial charge in [0.25, 0.3) is 0 Å². The van der Waals surface area contributed by atoms with Gasteiger partial charge >= 0.3 is 0 Å². The second-order valence-electron chi connectivity index (χ2n) is 8.26. The highest BCUT2D eigenvalue weighted by Gasteiger charge is 2.23. The van der Waals surface area contributed by atoms with Crippen molar-refractivity contribution in [2.45, 2.75) is 18.0 Å². The number of carbonyl (C=O) groups is 1. The number of amides is 1. The number of benzene rings is 3. The van der Waals surface area contributed by atoms with Gasteiger partial charge < -0.3 is 10.1 Å². The summed E-state index contributed by atoms with van der Waals surface area (Å²) in [4.78, 5) is 15.0. The lowest BCUT2D eigenvalue weighted by molar-refractivity contribution is -0.121. The Morgan fingerprint density at radius 2 is 1.70 bits per heavy atom. The Morgan fingerprint density at radius 3 is 2.48 bits per heavy atom. The zero-order chi connectivity index (χ0) is 23.3. The summed E-state index contributed by atoms with van der Waals surface area (Å²) in [6.45, 7) is 4.29. The van der Waals surface area contributed by atoms with Crippen molar-refractivity contribution >= 4 is 26.7 Å². The maximum atomic E-state index is 13.0. The number of likely N-dealkylation sites (N-methyl/N-ethyl adjacent to an activating group) is 1. The van der Waals surface area contributed by atoms with Crippen LogP contribution < -0.4 is 5.32 Å². The molecule has 1 aliphatic heterocycles. The Labute approximate surface area is 195 Å². The summed E-state index contributed by atoms with van der Waals surface area (Å²) in [5.41, 5.74) is 2.16. The molecule has 3 aromatic rings. The molecule has 0 aromatic heterocycles. The molecule has 0 bridgehead atoms. The van der Waals surface area contributed by atoms with E-state index >= 15 is 0 Å². The van der Waals surface area contributed by atoms with Crippen LogP contribution >= 0.6 is 0 Å². The van der Waals surface area contributed by atoms with Crippen LogP contribution in [0.5, 0.6) is 0 Å². The molecule has 1 heterocycles. The summed E-state index contributed by atoms with van der Waals surface area (Å²) < 4.78 is 32.4. The van der Waals surface area contributed by atoms with Gasteiger partial charge in [-0.3, -0.25) is 9.69 Å². The number of fused-ring (bicyclic) bond motifs is 1. The lowest BCUT2D eigenvalue weighted by Gasteiger charge is -2.26. The van der Waals surface area contributed by atoms with Gasteiger partial charge in [0, 0.05) is 33.2 Å². The summed E-state index contributed by atoms with van der Waals surface area (Å²) >= 11 is 0. The molecule has 1 aliphatic rings. The minimum Gasteiger partial charge on any atom is -0.379 e. The molecule has 0 aliphatic carbocycles. The van der Waals surface area contributed by atoms with Crippen molar-refractivity contribution in [3.63, 3.8) is 0 Å². The number of hydrogen-bond donors (Lipinski definition) is 1. The number of carbonyl (C=O) groups excluding carboxylic acids is 1. The number of hydrogen-bond acceptors (Lipinski definition) is 5. The van der Waals surface area contributed by atoms with Crippen LogP contribution in [0.25, 0.3) is 10.8 Å². The van der Waals surface area contributed by atoms with Gasteiger partial charge in [-0.15, -0.1) is 0 Å². The molecule has 0 atom stereocenters. The summed E-state index contributed by atoms with van der Waals surface area (Å²) in [7, 11) is -2.35. The van der Waals surface area contributed by atoms with Crippen LogP contribution in [0.1, 0.15) is 11.1 Å². The standard InChI is InChI=1S/C25H29N3O4S/c1-27(33(30,31)24-10-9-22-7-2-3-8-23(22)16-24)19-25(29)26-17-20-5-4-6-21(15-20)18-28-11-13-32-14-12-28/h2-10,15-16H,11-14,17-19H2,1H3,(H,26,29). The fourth-order valence-corrected chi connectivity index (χ4v) is 5.07. The molecule has 3 aromatic carbocycles. The van der Waals surface area contributed by atoms with E-state index in [4.69, 9.17) is 4.74 Å². The molecular formula is C25H29N3O4S. The summed E-state index contributed by atoms with van der Waals surface area (Å²) in [6.07, 6.45) is 0. The third-order valence-electron chi connectivity index (χ3n) is 5.79. The number of rotatable bonds is 8. The minimum absolute atomic E-state index is 0.173. The van der Waals surface area contributed by atoms with Crippen molar-refractivity contribution in [2.75, 3.05) is 39.9 Å². The van der Waals surface area contributed by atoms with E-state index < -0.39 is 10.0 Å². The third kappa shape index (κ3) is 5.97. The Bertz CT molecular complexity index is 1220. The highest BCUT2D eigenvalue weighted by atomic mass is 32.2. The van der Waals surface area contributed by atoms with Crippen molar-refractivity contribution in [1.82, 2.24) is 14.5 Å². The monoisotopic (exact) mass is 467 g/mol. The Kier molecular flexibility index (Phi) is 7.39. The third-order valence-corrected chi connectivity index (χ3v) is 7.59. The first kappa shape index (κ1) is 23.4. The van der Waals surface area contributed by atoms with Crippen LogP contribution in [0.15, 0.2) is 71.6 Å². The average Bonchev–Trinajstić information content (AvgIpc) is 2.83. The highest BCUT2D eigenvalue weighted by molar-refractivity contribution is 7.89. The predicted molar refractivity (Wildman–Crippen MR) is 128 cm³/mol. The molecule has 33 heavy (non-hydrogen) atoms. The van der Waals surface area contributed by atoms with Crippen LogP contribution in [0.4, 0.5) is 0 Å². The topological polar surface area (TPSA) is 79.0 Å². The molecule has 1 saturated heterocycles. The van der Waals surface area contributed by atoms with Crippen molar-refractivity contribution in [3.8, 4) is 0 Å². The quantitative estimate of drug-likeness (QED) is 0.551. The number of ether oxygens (including phenoxy) is 1. The molecule has 4 rings (SSSR count). The molecule has 1 N–H and O–H groups in total. The predicted octanol–water partition coefficient (Wildman–Crippen LogP) is 2.61. The molecule has 1 amide bonds. The summed E-state index contributed by atoms with van der Waals surface area (Å²) in [6, 6.07) is 20.7. The van der Waals surface area contributed by atoms with Crippen LogP contribution in [0, 0.1) is 0 Å².